The van der Waals surface area contributed by atoms with Crippen LogP contribution in [-0.4, -0.2) is 23.5 Å². The second kappa shape index (κ2) is 6.98. The minimum atomic E-state index is -0.861. The zero-order valence-electron chi connectivity index (χ0n) is 9.03. The highest BCUT2D eigenvalue weighted by atomic mass is 19.1. The van der Waals surface area contributed by atoms with Gasteiger partial charge in [0.1, 0.15) is 5.83 Å². The standard InChI is InChI=1S/C10H17FN2O2/c1-7(10(14)15)4-3-5-9(11)6-13-8(2)12/h5,7H,3-4,6H2,1-2H3,(H2,12,13)(H,14,15)/b9-5-. The van der Waals surface area contributed by atoms with Gasteiger partial charge < -0.3 is 10.8 Å². The van der Waals surface area contributed by atoms with E-state index in [2.05, 4.69) is 4.99 Å². The molecule has 0 aliphatic heterocycles. The second-order valence-electron chi connectivity index (χ2n) is 3.43. The Labute approximate surface area is 88.7 Å². The zero-order valence-corrected chi connectivity index (χ0v) is 9.03. The summed E-state index contributed by atoms with van der Waals surface area (Å²) in [6, 6.07) is 0. The third-order valence-electron chi connectivity index (χ3n) is 1.87. The van der Waals surface area contributed by atoms with E-state index >= 15 is 0 Å². The molecule has 0 saturated heterocycles. The number of aliphatic carboxylic acids is 1. The van der Waals surface area contributed by atoms with Crippen LogP contribution >= 0.6 is 0 Å². The fraction of sp³-hybridized carbons (Fsp3) is 0.600. The molecule has 0 aliphatic rings. The van der Waals surface area contributed by atoms with Gasteiger partial charge in [0.2, 0.25) is 0 Å². The number of carboxylic acid groups (broad SMARTS) is 1. The van der Waals surface area contributed by atoms with Crippen LogP contribution in [0.3, 0.4) is 0 Å². The molecule has 0 amide bonds. The number of allylic oxidation sites excluding steroid dienone is 1. The average Bonchev–Trinajstić information content (AvgIpc) is 2.14. The minimum absolute atomic E-state index is 0.0657. The molecule has 1 unspecified atom stereocenters. The maximum atomic E-state index is 13.0. The van der Waals surface area contributed by atoms with Gasteiger partial charge in [0.05, 0.1) is 18.3 Å². The molecule has 0 bridgehead atoms. The maximum absolute atomic E-state index is 13.0. The molecule has 0 rings (SSSR count). The van der Waals surface area contributed by atoms with E-state index < -0.39 is 11.9 Å². The lowest BCUT2D eigenvalue weighted by atomic mass is 10.1. The first-order chi connectivity index (χ1) is 6.93. The summed E-state index contributed by atoms with van der Waals surface area (Å²) in [7, 11) is 0. The van der Waals surface area contributed by atoms with Crippen molar-refractivity contribution in [2.75, 3.05) is 6.54 Å². The number of nitrogens with zero attached hydrogens (tertiary/aromatic N) is 1. The van der Waals surface area contributed by atoms with E-state index in [1.807, 2.05) is 0 Å². The van der Waals surface area contributed by atoms with Gasteiger partial charge in [-0.3, -0.25) is 9.79 Å². The van der Waals surface area contributed by atoms with Gasteiger partial charge in [0.25, 0.3) is 0 Å². The maximum Gasteiger partial charge on any atom is 0.306 e. The molecule has 0 aromatic rings. The van der Waals surface area contributed by atoms with Crippen LogP contribution in [0.25, 0.3) is 0 Å². The van der Waals surface area contributed by atoms with E-state index in [4.69, 9.17) is 10.8 Å². The third-order valence-corrected chi connectivity index (χ3v) is 1.87. The summed E-state index contributed by atoms with van der Waals surface area (Å²) in [6.45, 7) is 3.11. The monoisotopic (exact) mass is 216 g/mol. The SMILES string of the molecule is CC(N)=NC/C(F)=C/CCC(C)C(=O)O. The van der Waals surface area contributed by atoms with Crippen molar-refractivity contribution in [3.63, 3.8) is 0 Å². The first kappa shape index (κ1) is 13.6. The molecule has 86 valence electrons. The van der Waals surface area contributed by atoms with Crippen molar-refractivity contribution in [3.05, 3.63) is 11.9 Å². The van der Waals surface area contributed by atoms with Gasteiger partial charge in [-0.05, 0) is 19.8 Å². The molecule has 1 atom stereocenters. The first-order valence-corrected chi connectivity index (χ1v) is 4.77. The summed E-state index contributed by atoms with van der Waals surface area (Å²) < 4.78 is 13.0. The summed E-state index contributed by atoms with van der Waals surface area (Å²) >= 11 is 0. The molecule has 0 saturated carbocycles. The summed E-state index contributed by atoms with van der Waals surface area (Å²) in [5.41, 5.74) is 5.24. The summed E-state index contributed by atoms with van der Waals surface area (Å²) in [5, 5.41) is 8.57. The molecule has 0 aliphatic carbocycles. The molecule has 15 heavy (non-hydrogen) atoms. The number of nitrogens with two attached hydrogens (primary N) is 1. The normalized spacial score (nSPS) is 15.1. The molecule has 0 fully saturated rings. The predicted octanol–water partition coefficient (Wildman–Crippen LogP) is 1.72. The number of carbonyl (C=O) groups is 1. The first-order valence-electron chi connectivity index (χ1n) is 4.77. The van der Waals surface area contributed by atoms with E-state index in [9.17, 15) is 9.18 Å². The van der Waals surface area contributed by atoms with Crippen molar-refractivity contribution >= 4 is 11.8 Å². The largest absolute Gasteiger partial charge is 0.481 e. The molecule has 0 radical (unpaired) electrons. The molecular weight excluding hydrogens is 199 g/mol. The summed E-state index contributed by atoms with van der Waals surface area (Å²) in [5.74, 6) is -1.36. The van der Waals surface area contributed by atoms with Crippen LogP contribution in [0.15, 0.2) is 16.9 Å². The van der Waals surface area contributed by atoms with Crippen LogP contribution in [0, 0.1) is 5.92 Å². The van der Waals surface area contributed by atoms with E-state index in [1.165, 1.54) is 6.08 Å². The van der Waals surface area contributed by atoms with Crippen LogP contribution < -0.4 is 5.73 Å². The molecular formula is C10H17FN2O2. The Morgan fingerprint density at radius 2 is 2.27 bits per heavy atom. The Morgan fingerprint density at radius 1 is 1.67 bits per heavy atom. The smallest absolute Gasteiger partial charge is 0.306 e. The highest BCUT2D eigenvalue weighted by Crippen LogP contribution is 2.08. The van der Waals surface area contributed by atoms with Crippen molar-refractivity contribution in [1.29, 1.82) is 0 Å². The number of amidine groups is 1. The van der Waals surface area contributed by atoms with E-state index in [1.54, 1.807) is 13.8 Å². The lowest BCUT2D eigenvalue weighted by molar-refractivity contribution is -0.141. The number of hydrogen-bond acceptors (Lipinski definition) is 2. The number of rotatable bonds is 6. The number of aliphatic imine (C=N–C) groups is 1. The van der Waals surface area contributed by atoms with Crippen molar-refractivity contribution in [2.45, 2.75) is 26.7 Å². The Balaban J connectivity index is 3.86. The molecule has 0 spiro atoms. The number of hydrogen-bond donors (Lipinski definition) is 2. The highest BCUT2D eigenvalue weighted by molar-refractivity contribution is 5.77. The number of carboxylic acids is 1. The molecule has 0 heterocycles. The van der Waals surface area contributed by atoms with Crippen LogP contribution in [-0.2, 0) is 4.79 Å². The predicted molar refractivity (Wildman–Crippen MR) is 57.4 cm³/mol. The molecule has 5 heteroatoms. The van der Waals surface area contributed by atoms with Crippen LogP contribution in [0.2, 0.25) is 0 Å². The Hall–Kier alpha value is -1.39. The van der Waals surface area contributed by atoms with Crippen molar-refractivity contribution in [1.82, 2.24) is 0 Å². The van der Waals surface area contributed by atoms with Crippen molar-refractivity contribution in [3.8, 4) is 0 Å². The lowest BCUT2D eigenvalue weighted by Crippen LogP contribution is -2.08. The van der Waals surface area contributed by atoms with Gasteiger partial charge in [0.15, 0.2) is 0 Å². The lowest BCUT2D eigenvalue weighted by Gasteiger charge is -2.02. The molecule has 0 aromatic carbocycles. The topological polar surface area (TPSA) is 75.7 Å². The van der Waals surface area contributed by atoms with Gasteiger partial charge in [-0.25, -0.2) is 4.39 Å². The third kappa shape index (κ3) is 7.66. The van der Waals surface area contributed by atoms with E-state index in [0.717, 1.165) is 0 Å². The molecule has 3 N–H and O–H groups in total. The Kier molecular flexibility index (Phi) is 6.33. The van der Waals surface area contributed by atoms with Crippen LogP contribution in [0.5, 0.6) is 0 Å². The average molecular weight is 216 g/mol. The van der Waals surface area contributed by atoms with Gasteiger partial charge in [-0.2, -0.15) is 0 Å². The second-order valence-corrected chi connectivity index (χ2v) is 3.43. The highest BCUT2D eigenvalue weighted by Gasteiger charge is 2.08. The van der Waals surface area contributed by atoms with Crippen molar-refractivity contribution in [2.24, 2.45) is 16.6 Å². The van der Waals surface area contributed by atoms with Gasteiger partial charge in [-0.1, -0.05) is 13.0 Å². The molecule has 0 aromatic heterocycles. The van der Waals surface area contributed by atoms with Crippen molar-refractivity contribution < 1.29 is 14.3 Å². The summed E-state index contributed by atoms with van der Waals surface area (Å²) in [4.78, 5) is 14.1. The fourth-order valence-electron chi connectivity index (χ4n) is 0.878. The number of halogens is 1. The fourth-order valence-corrected chi connectivity index (χ4v) is 0.878. The van der Waals surface area contributed by atoms with Gasteiger partial charge in [0, 0.05) is 0 Å². The molecule has 4 nitrogen and oxygen atoms in total. The van der Waals surface area contributed by atoms with Gasteiger partial charge in [-0.15, -0.1) is 0 Å². The summed E-state index contributed by atoms with van der Waals surface area (Å²) in [6.07, 6.45) is 2.18. The Morgan fingerprint density at radius 3 is 2.73 bits per heavy atom. The Bertz CT molecular complexity index is 271. The quantitative estimate of drug-likeness (QED) is 0.524. The zero-order chi connectivity index (χ0) is 11.8. The minimum Gasteiger partial charge on any atom is -0.481 e. The van der Waals surface area contributed by atoms with Crippen LogP contribution in [0.1, 0.15) is 26.7 Å². The van der Waals surface area contributed by atoms with Crippen LogP contribution in [0.4, 0.5) is 4.39 Å². The van der Waals surface area contributed by atoms with Gasteiger partial charge >= 0.3 is 5.97 Å². The van der Waals surface area contributed by atoms with E-state index in [-0.39, 0.29) is 12.4 Å². The van der Waals surface area contributed by atoms with E-state index in [0.29, 0.717) is 18.7 Å².